The van der Waals surface area contributed by atoms with E-state index < -0.39 is 0 Å². The normalized spacial score (nSPS) is 17.6. The van der Waals surface area contributed by atoms with E-state index in [9.17, 15) is 9.18 Å². The van der Waals surface area contributed by atoms with Crippen LogP contribution < -0.4 is 5.32 Å². The molecule has 2 aromatic carbocycles. The number of amides is 1. The zero-order valence-corrected chi connectivity index (χ0v) is 15.4. The Labute approximate surface area is 158 Å². The number of carbonyl (C=O) groups is 1. The Bertz CT molecular complexity index is 816. The monoisotopic (exact) mass is 372 g/mol. The molecule has 3 nitrogen and oxygen atoms in total. The van der Waals surface area contributed by atoms with E-state index >= 15 is 0 Å². The third kappa shape index (κ3) is 3.62. The fourth-order valence-corrected chi connectivity index (χ4v) is 4.34. The molecule has 0 atom stereocenters. The topological polar surface area (TPSA) is 32.3 Å². The first kappa shape index (κ1) is 17.5. The maximum atomic E-state index is 13.1. The van der Waals surface area contributed by atoms with Gasteiger partial charge in [-0.25, -0.2) is 4.39 Å². The predicted octanol–water partition coefficient (Wildman–Crippen LogP) is 4.18. The van der Waals surface area contributed by atoms with Crippen LogP contribution in [0, 0.1) is 11.7 Å². The molecule has 0 aliphatic carbocycles. The number of rotatable bonds is 4. The smallest absolute Gasteiger partial charge is 0.256 e. The third-order valence-electron chi connectivity index (χ3n) is 5.36. The quantitative estimate of drug-likeness (QED) is 0.873. The van der Waals surface area contributed by atoms with Crippen LogP contribution in [0.3, 0.4) is 0 Å². The van der Waals surface area contributed by atoms with Crippen molar-refractivity contribution in [3.8, 4) is 0 Å². The van der Waals surface area contributed by atoms with E-state index in [1.54, 1.807) is 17.0 Å². The summed E-state index contributed by atoms with van der Waals surface area (Å²) in [5.41, 5.74) is 3.77. The van der Waals surface area contributed by atoms with Crippen LogP contribution in [0.25, 0.3) is 0 Å². The highest BCUT2D eigenvalue weighted by atomic mass is 35.5. The minimum atomic E-state index is -0.268. The predicted molar refractivity (Wildman–Crippen MR) is 101 cm³/mol. The number of halogens is 2. The maximum Gasteiger partial charge on any atom is 0.256 e. The van der Waals surface area contributed by atoms with Gasteiger partial charge < -0.3 is 10.2 Å². The molecule has 5 heteroatoms. The van der Waals surface area contributed by atoms with Crippen molar-refractivity contribution in [2.45, 2.75) is 32.4 Å². The summed E-state index contributed by atoms with van der Waals surface area (Å²) >= 11 is 6.47. The van der Waals surface area contributed by atoms with Gasteiger partial charge in [-0.3, -0.25) is 4.79 Å². The molecule has 136 valence electrons. The van der Waals surface area contributed by atoms with E-state index in [-0.39, 0.29) is 11.7 Å². The van der Waals surface area contributed by atoms with Crippen molar-refractivity contribution in [3.63, 3.8) is 0 Å². The lowest BCUT2D eigenvalue weighted by molar-refractivity contribution is 0.0767. The summed E-state index contributed by atoms with van der Waals surface area (Å²) in [6, 6.07) is 10.4. The Morgan fingerprint density at radius 3 is 2.58 bits per heavy atom. The Hall–Kier alpha value is -1.91. The van der Waals surface area contributed by atoms with E-state index in [1.807, 2.05) is 6.07 Å². The molecule has 0 radical (unpaired) electrons. The van der Waals surface area contributed by atoms with Crippen LogP contribution in [0.1, 0.15) is 39.9 Å². The summed E-state index contributed by atoms with van der Waals surface area (Å²) < 4.78 is 13.1. The molecule has 4 rings (SSSR count). The highest BCUT2D eigenvalue weighted by Gasteiger charge is 2.30. The third-order valence-corrected chi connectivity index (χ3v) is 5.66. The lowest BCUT2D eigenvalue weighted by Crippen LogP contribution is -2.28. The summed E-state index contributed by atoms with van der Waals surface area (Å²) in [5, 5.41) is 3.94. The minimum absolute atomic E-state index is 0.0391. The number of benzene rings is 2. The van der Waals surface area contributed by atoms with E-state index in [0.29, 0.717) is 29.6 Å². The van der Waals surface area contributed by atoms with Gasteiger partial charge in [0.2, 0.25) is 0 Å². The Kier molecular flexibility index (Phi) is 4.96. The molecule has 2 aromatic rings. The second-order valence-corrected chi connectivity index (χ2v) is 7.70. The first-order valence-electron chi connectivity index (χ1n) is 9.16. The van der Waals surface area contributed by atoms with Gasteiger partial charge in [-0.1, -0.05) is 29.8 Å². The molecule has 0 aromatic heterocycles. The lowest BCUT2D eigenvalue weighted by Gasteiger charge is -2.22. The highest BCUT2D eigenvalue weighted by Crippen LogP contribution is 2.33. The summed E-state index contributed by atoms with van der Waals surface area (Å²) in [6.45, 7) is 3.18. The zero-order valence-electron chi connectivity index (χ0n) is 14.6. The molecule has 0 spiro atoms. The molecule has 0 saturated carbocycles. The number of piperidine rings is 1. The molecule has 2 heterocycles. The molecule has 26 heavy (non-hydrogen) atoms. The SMILES string of the molecule is O=C1c2c(Cl)cc(CC3CCNCC3)cc2CN1Cc1ccc(F)cc1. The Morgan fingerprint density at radius 1 is 1.12 bits per heavy atom. The molecule has 0 unspecified atom stereocenters. The van der Waals surface area contributed by atoms with Crippen LogP contribution in [0.5, 0.6) is 0 Å². The molecule has 1 N–H and O–H groups in total. The van der Waals surface area contributed by atoms with Gasteiger partial charge in [0.25, 0.3) is 5.91 Å². The van der Waals surface area contributed by atoms with Gasteiger partial charge in [0, 0.05) is 13.1 Å². The van der Waals surface area contributed by atoms with Gasteiger partial charge in [0.1, 0.15) is 5.82 Å². The van der Waals surface area contributed by atoms with E-state index in [1.165, 1.54) is 30.5 Å². The van der Waals surface area contributed by atoms with Crippen LogP contribution in [-0.2, 0) is 19.5 Å². The molecule has 2 aliphatic rings. The van der Waals surface area contributed by atoms with Crippen LogP contribution in [0.2, 0.25) is 5.02 Å². The molecule has 2 aliphatic heterocycles. The minimum Gasteiger partial charge on any atom is -0.330 e. The van der Waals surface area contributed by atoms with E-state index in [4.69, 9.17) is 11.6 Å². The second kappa shape index (κ2) is 7.37. The van der Waals surface area contributed by atoms with Crippen molar-refractivity contribution in [3.05, 3.63) is 69.5 Å². The van der Waals surface area contributed by atoms with Crippen LogP contribution in [0.4, 0.5) is 4.39 Å². The fraction of sp³-hybridized carbons (Fsp3) is 0.381. The second-order valence-electron chi connectivity index (χ2n) is 7.30. The largest absolute Gasteiger partial charge is 0.330 e. The standard InChI is InChI=1S/C21H22ClFN2O/c22-19-11-16(9-14-5-7-24-8-6-14)10-17-13-25(21(26)20(17)19)12-15-1-3-18(23)4-2-15/h1-4,10-11,14,24H,5-9,12-13H2. The van der Waals surface area contributed by atoms with Gasteiger partial charge in [-0.05, 0) is 73.2 Å². The number of nitrogens with zero attached hydrogens (tertiary/aromatic N) is 1. The summed E-state index contributed by atoms with van der Waals surface area (Å²) in [4.78, 5) is 14.5. The number of hydrogen-bond donors (Lipinski definition) is 1. The van der Waals surface area contributed by atoms with Crippen molar-refractivity contribution in [1.29, 1.82) is 0 Å². The summed E-state index contributed by atoms with van der Waals surface area (Å²) in [5.74, 6) is 0.371. The van der Waals surface area contributed by atoms with Gasteiger partial charge in [0.15, 0.2) is 0 Å². The number of nitrogens with one attached hydrogen (secondary N) is 1. The molecular weight excluding hydrogens is 351 g/mol. The molecule has 1 amide bonds. The molecular formula is C21H22ClFN2O. The number of carbonyl (C=O) groups excluding carboxylic acids is 1. The van der Waals surface area contributed by atoms with Crippen LogP contribution in [0.15, 0.2) is 36.4 Å². The van der Waals surface area contributed by atoms with Crippen molar-refractivity contribution < 1.29 is 9.18 Å². The van der Waals surface area contributed by atoms with Crippen molar-refractivity contribution in [2.24, 2.45) is 5.92 Å². The average molecular weight is 373 g/mol. The number of fused-ring (bicyclic) bond motifs is 1. The first-order chi connectivity index (χ1) is 12.6. The Morgan fingerprint density at radius 2 is 1.85 bits per heavy atom. The number of hydrogen-bond acceptors (Lipinski definition) is 2. The lowest BCUT2D eigenvalue weighted by atomic mass is 9.90. The van der Waals surface area contributed by atoms with Crippen LogP contribution in [-0.4, -0.2) is 23.9 Å². The fourth-order valence-electron chi connectivity index (χ4n) is 4.00. The van der Waals surface area contributed by atoms with Crippen molar-refractivity contribution >= 4 is 17.5 Å². The summed E-state index contributed by atoms with van der Waals surface area (Å²) in [6.07, 6.45) is 3.38. The van der Waals surface area contributed by atoms with Gasteiger partial charge in [0.05, 0.1) is 10.6 Å². The van der Waals surface area contributed by atoms with Crippen molar-refractivity contribution in [1.82, 2.24) is 10.2 Å². The van der Waals surface area contributed by atoms with Crippen molar-refractivity contribution in [2.75, 3.05) is 13.1 Å². The zero-order chi connectivity index (χ0) is 18.1. The van der Waals surface area contributed by atoms with Gasteiger partial charge in [-0.2, -0.15) is 0 Å². The van der Waals surface area contributed by atoms with Gasteiger partial charge in [-0.15, -0.1) is 0 Å². The Balaban J connectivity index is 1.51. The first-order valence-corrected chi connectivity index (χ1v) is 9.53. The molecule has 1 saturated heterocycles. The average Bonchev–Trinajstić information content (AvgIpc) is 2.94. The van der Waals surface area contributed by atoms with E-state index in [0.717, 1.165) is 30.6 Å². The van der Waals surface area contributed by atoms with E-state index in [2.05, 4.69) is 11.4 Å². The van der Waals surface area contributed by atoms with Crippen LogP contribution >= 0.6 is 11.6 Å². The maximum absolute atomic E-state index is 13.1. The highest BCUT2D eigenvalue weighted by molar-refractivity contribution is 6.34. The molecule has 1 fully saturated rings. The molecule has 0 bridgehead atoms. The van der Waals surface area contributed by atoms with Gasteiger partial charge >= 0.3 is 0 Å². The summed E-state index contributed by atoms with van der Waals surface area (Å²) in [7, 11) is 0.